The van der Waals surface area contributed by atoms with Gasteiger partial charge in [0.25, 0.3) is 0 Å². The van der Waals surface area contributed by atoms with E-state index in [2.05, 4.69) is 60.1 Å². The molecule has 1 unspecified atom stereocenters. The minimum Gasteiger partial charge on any atom is -0.329 e. The minimum atomic E-state index is 0.181. The van der Waals surface area contributed by atoms with Gasteiger partial charge in [-0.2, -0.15) is 0 Å². The summed E-state index contributed by atoms with van der Waals surface area (Å²) in [6.45, 7) is 7.40. The van der Waals surface area contributed by atoms with Gasteiger partial charge in [-0.1, -0.05) is 6.92 Å². The van der Waals surface area contributed by atoms with Crippen LogP contribution in [0.2, 0.25) is 0 Å². The Balaban J connectivity index is 2.90. The smallest absolute Gasteiger partial charge is 0.0566 e. The van der Waals surface area contributed by atoms with Crippen LogP contribution in [0.25, 0.3) is 0 Å². The van der Waals surface area contributed by atoms with Crippen LogP contribution in [0.4, 0.5) is 0 Å². The fourth-order valence-electron chi connectivity index (χ4n) is 1.64. The van der Waals surface area contributed by atoms with E-state index in [9.17, 15) is 0 Å². The number of halogens is 1. The van der Waals surface area contributed by atoms with Crippen molar-refractivity contribution in [1.82, 2.24) is 4.90 Å². The van der Waals surface area contributed by atoms with Crippen LogP contribution in [0, 0.1) is 0 Å². The number of rotatable bonds is 5. The fourth-order valence-corrected chi connectivity index (χ4v) is 3.24. The largest absolute Gasteiger partial charge is 0.329 e. The standard InChI is InChI=1S/C12H21BrN2S/c1-5-12(2,3)15(4)10(7-14)11-6-9(13)8-16-11/h6,8,10H,5,7,14H2,1-4H3. The van der Waals surface area contributed by atoms with E-state index in [-0.39, 0.29) is 5.54 Å². The zero-order valence-corrected chi connectivity index (χ0v) is 12.9. The van der Waals surface area contributed by atoms with E-state index in [1.54, 1.807) is 11.3 Å². The number of hydrogen-bond acceptors (Lipinski definition) is 3. The minimum absolute atomic E-state index is 0.181. The predicted octanol–water partition coefficient (Wildman–Crippen LogP) is 3.63. The summed E-state index contributed by atoms with van der Waals surface area (Å²) in [5, 5.41) is 2.12. The van der Waals surface area contributed by atoms with Gasteiger partial charge in [-0.25, -0.2) is 0 Å². The average molecular weight is 305 g/mol. The molecule has 0 spiro atoms. The van der Waals surface area contributed by atoms with E-state index >= 15 is 0 Å². The maximum Gasteiger partial charge on any atom is 0.0566 e. The van der Waals surface area contributed by atoms with Crippen molar-refractivity contribution in [2.75, 3.05) is 13.6 Å². The van der Waals surface area contributed by atoms with Gasteiger partial charge in [-0.3, -0.25) is 4.90 Å². The lowest BCUT2D eigenvalue weighted by atomic mass is 9.97. The molecule has 4 heteroatoms. The third kappa shape index (κ3) is 3.06. The normalized spacial score (nSPS) is 14.4. The van der Waals surface area contributed by atoms with Gasteiger partial charge >= 0.3 is 0 Å². The van der Waals surface area contributed by atoms with Gasteiger partial charge < -0.3 is 5.73 Å². The van der Waals surface area contributed by atoms with Crippen molar-refractivity contribution < 1.29 is 0 Å². The Hall–Kier alpha value is 0.1000. The van der Waals surface area contributed by atoms with Gasteiger partial charge in [0.05, 0.1) is 6.04 Å². The first-order chi connectivity index (χ1) is 7.42. The van der Waals surface area contributed by atoms with Crippen LogP contribution < -0.4 is 5.73 Å². The third-order valence-corrected chi connectivity index (χ3v) is 5.22. The van der Waals surface area contributed by atoms with Crippen LogP contribution in [-0.2, 0) is 0 Å². The Kier molecular flexibility index (Phi) is 4.98. The highest BCUT2D eigenvalue weighted by atomic mass is 79.9. The molecule has 1 aromatic rings. The van der Waals surface area contributed by atoms with Crippen molar-refractivity contribution in [1.29, 1.82) is 0 Å². The summed E-state index contributed by atoms with van der Waals surface area (Å²) < 4.78 is 1.15. The lowest BCUT2D eigenvalue weighted by molar-refractivity contribution is 0.102. The van der Waals surface area contributed by atoms with E-state index in [1.165, 1.54) is 4.88 Å². The molecule has 0 amide bonds. The van der Waals surface area contributed by atoms with Crippen molar-refractivity contribution in [2.24, 2.45) is 5.73 Å². The van der Waals surface area contributed by atoms with Crippen molar-refractivity contribution in [2.45, 2.75) is 38.8 Å². The molecule has 1 aromatic heterocycles. The molecule has 1 heterocycles. The van der Waals surface area contributed by atoms with Crippen molar-refractivity contribution in [3.8, 4) is 0 Å². The first-order valence-electron chi connectivity index (χ1n) is 5.59. The van der Waals surface area contributed by atoms with Crippen LogP contribution in [0.5, 0.6) is 0 Å². The van der Waals surface area contributed by atoms with Crippen molar-refractivity contribution in [3.05, 3.63) is 20.8 Å². The number of nitrogens with zero attached hydrogens (tertiary/aromatic N) is 1. The molecular formula is C12H21BrN2S. The zero-order valence-electron chi connectivity index (χ0n) is 10.5. The predicted molar refractivity (Wildman–Crippen MR) is 75.9 cm³/mol. The van der Waals surface area contributed by atoms with Gasteiger partial charge in [0, 0.05) is 26.8 Å². The lowest BCUT2D eigenvalue weighted by Gasteiger charge is -2.40. The Labute approximate surface area is 111 Å². The van der Waals surface area contributed by atoms with Crippen molar-refractivity contribution in [3.63, 3.8) is 0 Å². The summed E-state index contributed by atoms with van der Waals surface area (Å²) in [6.07, 6.45) is 1.12. The first kappa shape index (κ1) is 14.2. The van der Waals surface area contributed by atoms with Crippen LogP contribution in [0.15, 0.2) is 15.9 Å². The van der Waals surface area contributed by atoms with Gasteiger partial charge in [0.2, 0.25) is 0 Å². The van der Waals surface area contributed by atoms with E-state index in [1.807, 2.05) is 0 Å². The van der Waals surface area contributed by atoms with E-state index < -0.39 is 0 Å². The van der Waals surface area contributed by atoms with Gasteiger partial charge in [0.15, 0.2) is 0 Å². The van der Waals surface area contributed by atoms with Gasteiger partial charge in [-0.15, -0.1) is 11.3 Å². The summed E-state index contributed by atoms with van der Waals surface area (Å²) in [5.41, 5.74) is 6.10. The number of thiophene rings is 1. The number of likely N-dealkylation sites (N-methyl/N-ethyl adjacent to an activating group) is 1. The van der Waals surface area contributed by atoms with E-state index in [0.717, 1.165) is 10.9 Å². The van der Waals surface area contributed by atoms with E-state index in [0.29, 0.717) is 12.6 Å². The molecule has 92 valence electrons. The highest BCUT2D eigenvalue weighted by molar-refractivity contribution is 9.10. The highest BCUT2D eigenvalue weighted by Crippen LogP contribution is 2.32. The second-order valence-corrected chi connectivity index (χ2v) is 6.55. The second kappa shape index (κ2) is 5.63. The summed E-state index contributed by atoms with van der Waals surface area (Å²) in [5.74, 6) is 0. The molecule has 1 atom stereocenters. The second-order valence-electron chi connectivity index (χ2n) is 4.70. The molecule has 16 heavy (non-hydrogen) atoms. The molecule has 0 aromatic carbocycles. The first-order valence-corrected chi connectivity index (χ1v) is 7.26. The quantitative estimate of drug-likeness (QED) is 0.900. The Morgan fingerprint density at radius 3 is 2.56 bits per heavy atom. The molecule has 2 N–H and O–H groups in total. The third-order valence-electron chi connectivity index (χ3n) is 3.43. The topological polar surface area (TPSA) is 29.3 Å². The summed E-state index contributed by atoms with van der Waals surface area (Å²) in [6, 6.07) is 2.48. The Morgan fingerprint density at radius 1 is 1.56 bits per heavy atom. The molecule has 0 saturated carbocycles. The van der Waals surface area contributed by atoms with Crippen LogP contribution >= 0.6 is 27.3 Å². The fraction of sp³-hybridized carbons (Fsp3) is 0.667. The maximum absolute atomic E-state index is 5.92. The molecule has 2 nitrogen and oxygen atoms in total. The molecule has 0 radical (unpaired) electrons. The van der Waals surface area contributed by atoms with Crippen molar-refractivity contribution >= 4 is 27.3 Å². The molecule has 0 saturated heterocycles. The molecular weight excluding hydrogens is 284 g/mol. The molecule has 0 fully saturated rings. The zero-order chi connectivity index (χ0) is 12.3. The number of hydrogen-bond donors (Lipinski definition) is 1. The number of nitrogens with two attached hydrogens (primary N) is 1. The lowest BCUT2D eigenvalue weighted by Crippen LogP contribution is -2.45. The molecule has 0 bridgehead atoms. The summed E-state index contributed by atoms with van der Waals surface area (Å²) in [4.78, 5) is 3.71. The van der Waals surface area contributed by atoms with Crippen LogP contribution in [-0.4, -0.2) is 24.0 Å². The summed E-state index contributed by atoms with van der Waals surface area (Å²) >= 11 is 5.27. The highest BCUT2D eigenvalue weighted by Gasteiger charge is 2.28. The molecule has 1 rings (SSSR count). The summed E-state index contributed by atoms with van der Waals surface area (Å²) in [7, 11) is 2.16. The van der Waals surface area contributed by atoms with Gasteiger partial charge in [-0.05, 0) is 49.3 Å². The molecule has 0 aliphatic heterocycles. The van der Waals surface area contributed by atoms with Gasteiger partial charge in [0.1, 0.15) is 0 Å². The monoisotopic (exact) mass is 304 g/mol. The van der Waals surface area contributed by atoms with Crippen LogP contribution in [0.1, 0.15) is 38.1 Å². The van der Waals surface area contributed by atoms with Crippen LogP contribution in [0.3, 0.4) is 0 Å². The maximum atomic E-state index is 5.92. The Morgan fingerprint density at radius 2 is 2.19 bits per heavy atom. The van der Waals surface area contributed by atoms with E-state index in [4.69, 9.17) is 5.73 Å². The molecule has 0 aliphatic carbocycles. The molecule has 0 aliphatic rings. The Bertz CT molecular complexity index is 336. The average Bonchev–Trinajstić information content (AvgIpc) is 2.66. The SMILES string of the molecule is CCC(C)(C)N(C)C(CN)c1cc(Br)cs1.